The summed E-state index contributed by atoms with van der Waals surface area (Å²) >= 11 is 0. The Labute approximate surface area is 601 Å². The molecule has 4 aliphatic rings. The van der Waals surface area contributed by atoms with Gasteiger partial charge in [-0.1, -0.05) is 370 Å². The molecule has 0 nitrogen and oxygen atoms in total. The van der Waals surface area contributed by atoms with E-state index in [-0.39, 0.29) is 0 Å². The van der Waals surface area contributed by atoms with Crippen LogP contribution in [0.5, 0.6) is 0 Å². The average Bonchev–Trinajstić information content (AvgIpc) is 1.48. The predicted octanol–water partition coefficient (Wildman–Crippen LogP) is 26.3. The van der Waals surface area contributed by atoms with E-state index in [1.807, 2.05) is 0 Å². The van der Waals surface area contributed by atoms with Crippen LogP contribution < -0.4 is 0 Å². The summed E-state index contributed by atoms with van der Waals surface area (Å²) in [5.41, 5.74) is 31.5. The van der Waals surface area contributed by atoms with Gasteiger partial charge in [-0.05, 0) is 219 Å². The predicted molar refractivity (Wildman–Crippen MR) is 431 cm³/mol. The summed E-state index contributed by atoms with van der Waals surface area (Å²) in [6, 6.07) is 141. The molecule has 21 rings (SSSR count). The van der Waals surface area contributed by atoms with Crippen molar-refractivity contribution in [3.8, 4) is 77.9 Å². The summed E-state index contributed by atoms with van der Waals surface area (Å²) in [5.74, 6) is 0. The second kappa shape index (κ2) is 23.2. The number of benzene rings is 17. The smallest absolute Gasteiger partial charge is 0.0713 e. The van der Waals surface area contributed by atoms with Crippen molar-refractivity contribution in [3.63, 3.8) is 0 Å². The largest absolute Gasteiger partial charge is 0.0842 e. The molecule has 0 aliphatic heterocycles. The second-order valence-electron chi connectivity index (χ2n) is 28.6. The van der Waals surface area contributed by atoms with Crippen LogP contribution in [0.25, 0.3) is 121 Å². The van der Waals surface area contributed by atoms with Crippen LogP contribution in [0.3, 0.4) is 0 Å². The Morgan fingerprint density at radius 3 is 0.767 bits per heavy atom. The maximum Gasteiger partial charge on any atom is 0.0713 e. The molecule has 0 saturated heterocycles. The topological polar surface area (TPSA) is 0 Å². The van der Waals surface area contributed by atoms with E-state index >= 15 is 0 Å². The zero-order valence-corrected chi connectivity index (χ0v) is 56.9. The maximum atomic E-state index is 2.61. The number of hydrogen-bond acceptors (Lipinski definition) is 0. The molecule has 480 valence electrons. The van der Waals surface area contributed by atoms with Gasteiger partial charge in [-0.3, -0.25) is 0 Å². The van der Waals surface area contributed by atoms with Gasteiger partial charge in [0.2, 0.25) is 0 Å². The van der Waals surface area contributed by atoms with Crippen LogP contribution in [-0.4, -0.2) is 0 Å². The molecule has 0 amide bonds. The number of rotatable bonds is 10. The van der Waals surface area contributed by atoms with Crippen LogP contribution in [0, 0.1) is 0 Å². The number of hydrogen-bond donors (Lipinski definition) is 0. The van der Waals surface area contributed by atoms with E-state index in [9.17, 15) is 0 Å². The fourth-order valence-electron chi connectivity index (χ4n) is 19.7. The SMILES string of the molecule is C1=CCCC(C2(c3ccccc3)c3cc(-c4ccc5c(c4)C(c4ccccc4)(c4ccccc4)c4ccccc4-5)ccc3-c3ccc(-c4c5ccccc5c(-c5c6ccccc6c(-c6ccc7c(c6)C(c6ccccc6)(c6ccccc6)c6ccccc6-7)c6ccccc56)c5ccccc45)cc32)=C1. The maximum absolute atomic E-state index is 2.61. The van der Waals surface area contributed by atoms with Crippen LogP contribution in [-0.2, 0) is 16.2 Å². The Kier molecular flexibility index (Phi) is 13.3. The molecule has 1 atom stereocenters. The Bertz CT molecular complexity index is 6200. The Balaban J connectivity index is 0.762. The molecular formula is C103H68. The summed E-state index contributed by atoms with van der Waals surface area (Å²) in [7, 11) is 0. The summed E-state index contributed by atoms with van der Waals surface area (Å²) in [6.45, 7) is 0. The quantitative estimate of drug-likeness (QED) is 0.120. The molecule has 17 aromatic carbocycles. The van der Waals surface area contributed by atoms with Crippen LogP contribution in [0.15, 0.2) is 394 Å². The van der Waals surface area contributed by atoms with E-state index in [1.54, 1.807) is 0 Å². The molecule has 1 unspecified atom stereocenters. The summed E-state index contributed by atoms with van der Waals surface area (Å²) in [5, 5.41) is 9.84. The first-order valence-electron chi connectivity index (χ1n) is 36.4. The average molecular weight is 1310 g/mol. The number of fused-ring (bicyclic) bond motifs is 13. The molecule has 0 aromatic heterocycles. The molecule has 4 aliphatic carbocycles. The van der Waals surface area contributed by atoms with Crippen molar-refractivity contribution in [1.82, 2.24) is 0 Å². The van der Waals surface area contributed by atoms with Crippen molar-refractivity contribution in [1.29, 1.82) is 0 Å². The third kappa shape index (κ3) is 8.35. The van der Waals surface area contributed by atoms with E-state index < -0.39 is 16.2 Å². The second-order valence-corrected chi connectivity index (χ2v) is 28.6. The molecule has 0 heteroatoms. The lowest BCUT2D eigenvalue weighted by atomic mass is 9.65. The van der Waals surface area contributed by atoms with Crippen molar-refractivity contribution in [2.24, 2.45) is 0 Å². The molecule has 103 heavy (non-hydrogen) atoms. The third-order valence-corrected chi connectivity index (χ3v) is 23.8. The Morgan fingerprint density at radius 2 is 0.447 bits per heavy atom. The lowest BCUT2D eigenvalue weighted by Gasteiger charge is -2.37. The van der Waals surface area contributed by atoms with Crippen LogP contribution >= 0.6 is 0 Å². The lowest BCUT2D eigenvalue weighted by Crippen LogP contribution is -2.30. The lowest BCUT2D eigenvalue weighted by molar-refractivity contribution is 0.693. The van der Waals surface area contributed by atoms with Gasteiger partial charge in [-0.15, -0.1) is 0 Å². The van der Waals surface area contributed by atoms with Crippen molar-refractivity contribution >= 4 is 43.1 Å². The molecule has 0 radical (unpaired) electrons. The first kappa shape index (κ1) is 59.2. The van der Waals surface area contributed by atoms with Gasteiger partial charge >= 0.3 is 0 Å². The normalized spacial score (nSPS) is 15.5. The highest BCUT2D eigenvalue weighted by Crippen LogP contribution is 2.63. The first-order chi connectivity index (χ1) is 51.1. The van der Waals surface area contributed by atoms with Gasteiger partial charge in [0.05, 0.1) is 16.2 Å². The van der Waals surface area contributed by atoms with Gasteiger partial charge in [-0.25, -0.2) is 0 Å². The molecule has 0 N–H and O–H groups in total. The fourth-order valence-corrected chi connectivity index (χ4v) is 19.7. The monoisotopic (exact) mass is 1300 g/mol. The van der Waals surface area contributed by atoms with E-state index in [0.29, 0.717) is 0 Å². The summed E-state index contributed by atoms with van der Waals surface area (Å²) in [6.07, 6.45) is 9.02. The van der Waals surface area contributed by atoms with E-state index in [2.05, 4.69) is 388 Å². The molecule has 17 aromatic rings. The van der Waals surface area contributed by atoms with Gasteiger partial charge in [0.1, 0.15) is 0 Å². The van der Waals surface area contributed by atoms with Crippen LogP contribution in [0.2, 0.25) is 0 Å². The highest BCUT2D eigenvalue weighted by atomic mass is 14.5. The molecule has 0 saturated carbocycles. The zero-order valence-electron chi connectivity index (χ0n) is 56.9. The minimum atomic E-state index is -0.605. The van der Waals surface area contributed by atoms with Gasteiger partial charge in [0, 0.05) is 0 Å². The Hall–Kier alpha value is -12.7. The van der Waals surface area contributed by atoms with Crippen LogP contribution in [0.1, 0.15) is 74.0 Å². The van der Waals surface area contributed by atoms with Crippen LogP contribution in [0.4, 0.5) is 0 Å². The number of allylic oxidation sites excluding steroid dienone is 4. The molecule has 0 spiro atoms. The molecular weight excluding hydrogens is 1240 g/mol. The van der Waals surface area contributed by atoms with E-state index in [1.165, 1.54) is 188 Å². The zero-order chi connectivity index (χ0) is 67.8. The van der Waals surface area contributed by atoms with Gasteiger partial charge < -0.3 is 0 Å². The minimum absolute atomic E-state index is 0.516. The van der Waals surface area contributed by atoms with Gasteiger partial charge in [0.25, 0.3) is 0 Å². The molecule has 0 heterocycles. The summed E-state index contributed by atoms with van der Waals surface area (Å²) in [4.78, 5) is 0. The van der Waals surface area contributed by atoms with E-state index in [4.69, 9.17) is 0 Å². The van der Waals surface area contributed by atoms with Crippen molar-refractivity contribution in [3.05, 3.63) is 455 Å². The van der Waals surface area contributed by atoms with Crippen molar-refractivity contribution in [2.75, 3.05) is 0 Å². The molecule has 0 bridgehead atoms. The summed E-state index contributed by atoms with van der Waals surface area (Å²) < 4.78 is 0. The highest BCUT2D eigenvalue weighted by Gasteiger charge is 2.50. The standard InChI is InChI=1S/C103H68/c1-7-31-71(32-8-1)101(72-33-9-2-10-34-72)91-53-29-27-43-77(91)79-59-55-67(63-93(79)101)68-56-60-81-82-62-58-70(66-96(82)103(94(81)64-68,75-39-15-5-16-40-75)76-41-17-6-18-42-76)98-85-47-21-25-51-89(85)100(90-52-26-22-48-86(90)98)99-87-49-23-19-45-83(87)97(84-46-20-24-50-88(84)99)69-57-61-80-78-44-28-30-54-92(78)102(95(80)65-69,73-35-11-3-12-36-73)74-37-13-4-14-38-74/h1-17,19-41,43-66H,18,42H2. The van der Waals surface area contributed by atoms with Crippen molar-refractivity contribution < 1.29 is 0 Å². The van der Waals surface area contributed by atoms with Gasteiger partial charge in [-0.2, -0.15) is 0 Å². The van der Waals surface area contributed by atoms with E-state index in [0.717, 1.165) is 12.8 Å². The minimum Gasteiger partial charge on any atom is -0.0842 e. The Morgan fingerprint density at radius 1 is 0.194 bits per heavy atom. The highest BCUT2D eigenvalue weighted by molar-refractivity contribution is 6.30. The molecule has 0 fully saturated rings. The first-order valence-corrected chi connectivity index (χ1v) is 36.4. The third-order valence-electron chi connectivity index (χ3n) is 23.8. The fraction of sp³-hybridized carbons (Fsp3) is 0.0485. The van der Waals surface area contributed by atoms with Gasteiger partial charge in [0.15, 0.2) is 0 Å². The van der Waals surface area contributed by atoms with Crippen molar-refractivity contribution in [2.45, 2.75) is 29.1 Å².